The van der Waals surface area contributed by atoms with Gasteiger partial charge in [-0.2, -0.15) is 0 Å². The van der Waals surface area contributed by atoms with Gasteiger partial charge in [-0.25, -0.2) is 0 Å². The second-order valence-electron chi connectivity index (χ2n) is 8.19. The van der Waals surface area contributed by atoms with Crippen molar-refractivity contribution in [2.45, 2.75) is 51.4 Å². The number of hydrogen-bond acceptors (Lipinski definition) is 1. The van der Waals surface area contributed by atoms with Gasteiger partial charge in [0.2, 0.25) is 0 Å². The monoisotopic (exact) mass is 304 g/mol. The molecule has 2 heteroatoms. The van der Waals surface area contributed by atoms with Crippen LogP contribution in [0, 0.1) is 16.7 Å². The van der Waals surface area contributed by atoms with Gasteiger partial charge in [0.25, 0.3) is 0 Å². The summed E-state index contributed by atoms with van der Waals surface area (Å²) in [5.41, 5.74) is 1.55. The molecule has 2 bridgehead atoms. The molecule has 0 heterocycles. The molecule has 21 heavy (non-hydrogen) atoms. The highest BCUT2D eigenvalue weighted by Crippen LogP contribution is 2.60. The summed E-state index contributed by atoms with van der Waals surface area (Å²) in [4.78, 5) is 11.7. The third kappa shape index (κ3) is 2.65. The molecule has 0 saturated heterocycles. The molecule has 2 aliphatic carbocycles. The van der Waals surface area contributed by atoms with Gasteiger partial charge in [-0.3, -0.25) is 0 Å². The Morgan fingerprint density at radius 1 is 1.14 bits per heavy atom. The highest BCUT2D eigenvalue weighted by molar-refractivity contribution is 6.18. The molecule has 1 aromatic carbocycles. The first-order valence-corrected chi connectivity index (χ1v) is 8.54. The Labute approximate surface area is 133 Å². The molecule has 0 radical (unpaired) electrons. The second-order valence-corrected chi connectivity index (χ2v) is 8.46. The van der Waals surface area contributed by atoms with Gasteiger partial charge in [-0.05, 0) is 54.4 Å². The Kier molecular flexibility index (Phi) is 3.68. The van der Waals surface area contributed by atoms with Crippen LogP contribution < -0.4 is 0 Å². The zero-order chi connectivity index (χ0) is 15.1. The van der Waals surface area contributed by atoms with Gasteiger partial charge in [-0.1, -0.05) is 44.2 Å². The van der Waals surface area contributed by atoms with Crippen molar-refractivity contribution < 1.29 is 4.79 Å². The number of aldehydes is 1. The molecule has 0 N–H and O–H groups in total. The van der Waals surface area contributed by atoms with Crippen molar-refractivity contribution in [2.75, 3.05) is 5.88 Å². The number of alkyl halides is 1. The number of rotatable bonds is 3. The van der Waals surface area contributed by atoms with Gasteiger partial charge in [0.05, 0.1) is 0 Å². The molecule has 2 fully saturated rings. The van der Waals surface area contributed by atoms with Crippen LogP contribution in [0.3, 0.4) is 0 Å². The molecule has 2 saturated carbocycles. The lowest BCUT2D eigenvalue weighted by Gasteiger charge is -2.56. The van der Waals surface area contributed by atoms with E-state index in [1.54, 1.807) is 0 Å². The summed E-state index contributed by atoms with van der Waals surface area (Å²) in [6.07, 6.45) is 6.68. The van der Waals surface area contributed by atoms with Crippen LogP contribution in [0.25, 0.3) is 0 Å². The van der Waals surface area contributed by atoms with Crippen LogP contribution in [0.1, 0.15) is 51.5 Å². The van der Waals surface area contributed by atoms with E-state index < -0.39 is 0 Å². The summed E-state index contributed by atoms with van der Waals surface area (Å²) in [5.74, 6) is 1.34. The normalized spacial score (nSPS) is 42.5. The number of carbonyl (C=O) groups is 1. The molecule has 4 atom stereocenters. The summed E-state index contributed by atoms with van der Waals surface area (Å²) in [6.45, 7) is 4.47. The lowest BCUT2D eigenvalue weighted by Crippen LogP contribution is -2.50. The van der Waals surface area contributed by atoms with Crippen molar-refractivity contribution in [3.63, 3.8) is 0 Å². The van der Waals surface area contributed by atoms with Gasteiger partial charge in [0.15, 0.2) is 0 Å². The summed E-state index contributed by atoms with van der Waals surface area (Å²) in [7, 11) is 0. The second kappa shape index (κ2) is 5.12. The van der Waals surface area contributed by atoms with Crippen molar-refractivity contribution in [3.05, 3.63) is 35.9 Å². The van der Waals surface area contributed by atoms with Crippen molar-refractivity contribution >= 4 is 17.9 Å². The van der Waals surface area contributed by atoms with E-state index in [2.05, 4.69) is 44.2 Å². The highest BCUT2D eigenvalue weighted by atomic mass is 35.5. The van der Waals surface area contributed by atoms with E-state index in [1.165, 1.54) is 18.3 Å². The molecule has 0 aromatic heterocycles. The first-order chi connectivity index (χ1) is 9.93. The lowest BCUT2D eigenvalue weighted by molar-refractivity contribution is -0.122. The Morgan fingerprint density at radius 2 is 1.86 bits per heavy atom. The van der Waals surface area contributed by atoms with E-state index >= 15 is 0 Å². The third-order valence-corrected chi connectivity index (χ3v) is 6.36. The molecular weight excluding hydrogens is 280 g/mol. The van der Waals surface area contributed by atoms with E-state index in [1.807, 2.05) is 0 Å². The smallest absolute Gasteiger partial charge is 0.125 e. The maximum absolute atomic E-state index is 11.7. The van der Waals surface area contributed by atoms with Crippen molar-refractivity contribution in [1.29, 1.82) is 0 Å². The number of fused-ring (bicyclic) bond motifs is 2. The first-order valence-electron chi connectivity index (χ1n) is 8.01. The number of hydrogen-bond donors (Lipinski definition) is 0. The molecular formula is C19H25ClO. The largest absolute Gasteiger partial charge is 0.303 e. The van der Waals surface area contributed by atoms with Gasteiger partial charge in [-0.15, -0.1) is 11.6 Å². The van der Waals surface area contributed by atoms with E-state index in [9.17, 15) is 4.79 Å². The van der Waals surface area contributed by atoms with Crippen LogP contribution >= 0.6 is 11.6 Å². The maximum Gasteiger partial charge on any atom is 0.125 e. The molecule has 4 unspecified atom stereocenters. The first kappa shape index (κ1) is 15.1. The zero-order valence-electron chi connectivity index (χ0n) is 13.1. The van der Waals surface area contributed by atoms with E-state index in [4.69, 9.17) is 11.6 Å². The molecule has 2 aliphatic rings. The SMILES string of the molecule is CC1(C=O)CC2CC(C)(CCl)CC(c3ccccc3)(C2)C1. The standard InChI is InChI=1S/C19H25ClO/c1-17(13-20)8-15-9-18(2,14-21)12-19(10-15,11-17)16-6-4-3-5-7-16/h3-7,14-15H,8-13H2,1-2H3. The van der Waals surface area contributed by atoms with Crippen LogP contribution in [0.2, 0.25) is 0 Å². The average molecular weight is 305 g/mol. The highest BCUT2D eigenvalue weighted by Gasteiger charge is 2.54. The van der Waals surface area contributed by atoms with E-state index in [-0.39, 0.29) is 16.2 Å². The fraction of sp³-hybridized carbons (Fsp3) is 0.632. The fourth-order valence-corrected chi connectivity index (χ4v) is 5.58. The van der Waals surface area contributed by atoms with Crippen molar-refractivity contribution in [3.8, 4) is 0 Å². The van der Waals surface area contributed by atoms with E-state index in [0.717, 1.165) is 31.6 Å². The van der Waals surface area contributed by atoms with Crippen molar-refractivity contribution in [2.24, 2.45) is 16.7 Å². The lowest BCUT2D eigenvalue weighted by atomic mass is 9.48. The molecule has 0 amide bonds. The minimum Gasteiger partial charge on any atom is -0.303 e. The predicted molar refractivity (Wildman–Crippen MR) is 87.7 cm³/mol. The fourth-order valence-electron chi connectivity index (χ4n) is 5.37. The van der Waals surface area contributed by atoms with E-state index in [0.29, 0.717) is 5.92 Å². The Bertz CT molecular complexity index is 528. The molecule has 3 rings (SSSR count). The predicted octanol–water partition coefficient (Wildman–Crippen LogP) is 4.97. The number of benzene rings is 1. The Hall–Kier alpha value is -0.820. The number of halogens is 1. The minimum absolute atomic E-state index is 0.127. The zero-order valence-corrected chi connectivity index (χ0v) is 13.8. The molecule has 1 nitrogen and oxygen atoms in total. The maximum atomic E-state index is 11.7. The molecule has 0 aliphatic heterocycles. The Morgan fingerprint density at radius 3 is 2.48 bits per heavy atom. The summed E-state index contributed by atoms with van der Waals surface area (Å²) < 4.78 is 0. The number of carbonyl (C=O) groups excluding carboxylic acids is 1. The van der Waals surface area contributed by atoms with Crippen molar-refractivity contribution in [1.82, 2.24) is 0 Å². The molecule has 1 aromatic rings. The van der Waals surface area contributed by atoms with Gasteiger partial charge >= 0.3 is 0 Å². The Balaban J connectivity index is 2.06. The molecule has 0 spiro atoms. The van der Waals surface area contributed by atoms with Crippen LogP contribution in [0.15, 0.2) is 30.3 Å². The van der Waals surface area contributed by atoms with Gasteiger partial charge in [0.1, 0.15) is 6.29 Å². The topological polar surface area (TPSA) is 17.1 Å². The quantitative estimate of drug-likeness (QED) is 0.569. The summed E-state index contributed by atoms with van der Waals surface area (Å²) >= 11 is 6.32. The van der Waals surface area contributed by atoms with Crippen LogP contribution in [0.5, 0.6) is 0 Å². The van der Waals surface area contributed by atoms with Gasteiger partial charge < -0.3 is 4.79 Å². The molecule has 114 valence electrons. The van der Waals surface area contributed by atoms with Crippen LogP contribution in [0.4, 0.5) is 0 Å². The van der Waals surface area contributed by atoms with Crippen LogP contribution in [-0.2, 0) is 10.2 Å². The van der Waals surface area contributed by atoms with Gasteiger partial charge in [0, 0.05) is 11.3 Å². The summed E-state index contributed by atoms with van der Waals surface area (Å²) in [5, 5.41) is 0. The third-order valence-electron chi connectivity index (χ3n) is 5.72. The van der Waals surface area contributed by atoms with Crippen LogP contribution in [-0.4, -0.2) is 12.2 Å². The minimum atomic E-state index is -0.174. The summed E-state index contributed by atoms with van der Waals surface area (Å²) in [6, 6.07) is 10.8. The average Bonchev–Trinajstić information content (AvgIpc) is 2.47.